The molecule has 1 heterocycles. The Morgan fingerprint density at radius 2 is 1.65 bits per heavy atom. The van der Waals surface area contributed by atoms with E-state index in [9.17, 15) is 22.8 Å². The zero-order valence-corrected chi connectivity index (χ0v) is 16.2. The first kappa shape index (κ1) is 21.0. The molecule has 0 aromatic heterocycles. The average molecular weight is 376 g/mol. The van der Waals surface area contributed by atoms with Crippen LogP contribution >= 0.6 is 0 Å². The Labute approximate surface area is 153 Å². The fourth-order valence-corrected chi connectivity index (χ4v) is 3.83. The Kier molecular flexibility index (Phi) is 6.28. The third kappa shape index (κ3) is 4.71. The molecule has 2 atom stereocenters. The third-order valence-electron chi connectivity index (χ3n) is 6.34. The molecule has 0 aromatic carbocycles. The Bertz CT molecular complexity index is 521. The maximum Gasteiger partial charge on any atom is 0.392 e. The van der Waals surface area contributed by atoms with Gasteiger partial charge < -0.3 is 10.2 Å². The summed E-state index contributed by atoms with van der Waals surface area (Å²) in [6.45, 7) is 8.10. The lowest BCUT2D eigenvalue weighted by Crippen LogP contribution is -2.48. The van der Waals surface area contributed by atoms with E-state index in [4.69, 9.17) is 0 Å². The van der Waals surface area contributed by atoms with Gasteiger partial charge in [0.15, 0.2) is 0 Å². The van der Waals surface area contributed by atoms with E-state index >= 15 is 0 Å². The molecule has 1 saturated heterocycles. The van der Waals surface area contributed by atoms with Crippen molar-refractivity contribution in [2.75, 3.05) is 13.1 Å². The van der Waals surface area contributed by atoms with Gasteiger partial charge in [0.1, 0.15) is 0 Å². The topological polar surface area (TPSA) is 49.4 Å². The highest BCUT2D eigenvalue weighted by atomic mass is 19.4. The van der Waals surface area contributed by atoms with Gasteiger partial charge >= 0.3 is 6.18 Å². The molecular formula is C19H31F3N2O2. The number of likely N-dealkylation sites (tertiary alicyclic amines) is 1. The van der Waals surface area contributed by atoms with Crippen LogP contribution in [0.15, 0.2) is 0 Å². The largest absolute Gasteiger partial charge is 0.392 e. The van der Waals surface area contributed by atoms with Gasteiger partial charge in [0.05, 0.1) is 11.3 Å². The van der Waals surface area contributed by atoms with Crippen molar-refractivity contribution in [1.29, 1.82) is 0 Å². The number of carbonyl (C=O) groups excluding carboxylic acids is 2. The molecule has 1 aliphatic carbocycles. The number of hydrogen-bond donors (Lipinski definition) is 1. The zero-order chi connectivity index (χ0) is 19.7. The van der Waals surface area contributed by atoms with Gasteiger partial charge in [-0.25, -0.2) is 0 Å². The summed E-state index contributed by atoms with van der Waals surface area (Å²) in [5, 5.41) is 3.14. The molecule has 150 valence electrons. The van der Waals surface area contributed by atoms with E-state index in [1.165, 1.54) is 4.90 Å². The van der Waals surface area contributed by atoms with Crippen LogP contribution in [-0.2, 0) is 9.59 Å². The molecule has 4 nitrogen and oxygen atoms in total. The zero-order valence-electron chi connectivity index (χ0n) is 16.2. The minimum Gasteiger partial charge on any atom is -0.353 e. The smallest absolute Gasteiger partial charge is 0.353 e. The highest BCUT2D eigenvalue weighted by Crippen LogP contribution is 2.52. The van der Waals surface area contributed by atoms with Crippen LogP contribution in [0, 0.1) is 23.2 Å². The van der Waals surface area contributed by atoms with Crippen LogP contribution in [-0.4, -0.2) is 42.0 Å². The molecule has 7 heteroatoms. The molecule has 0 aromatic rings. The molecule has 1 N–H and O–H groups in total. The Morgan fingerprint density at radius 3 is 2.08 bits per heavy atom. The number of halogens is 3. The molecule has 0 bridgehead atoms. The first-order chi connectivity index (χ1) is 12.0. The number of amides is 2. The second-order valence-corrected chi connectivity index (χ2v) is 8.44. The van der Waals surface area contributed by atoms with Crippen molar-refractivity contribution in [3.8, 4) is 0 Å². The van der Waals surface area contributed by atoms with Crippen LogP contribution in [0.2, 0.25) is 0 Å². The molecule has 0 spiro atoms. The lowest BCUT2D eigenvalue weighted by atomic mass is 9.87. The number of carbonyl (C=O) groups is 2. The van der Waals surface area contributed by atoms with Gasteiger partial charge in [-0.05, 0) is 44.4 Å². The lowest BCUT2D eigenvalue weighted by molar-refractivity contribution is -0.176. The molecule has 2 fully saturated rings. The predicted octanol–water partition coefficient (Wildman–Crippen LogP) is 3.75. The van der Waals surface area contributed by atoms with Crippen LogP contribution in [0.5, 0.6) is 0 Å². The summed E-state index contributed by atoms with van der Waals surface area (Å²) in [6.07, 6.45) is -1.52. The SMILES string of the molecule is CC(CC(=O)N1CCC([C@@H](C)NC(=O)C2(C(C)C)CC2)CC1)C(F)(F)F. The van der Waals surface area contributed by atoms with Crippen molar-refractivity contribution in [2.45, 2.75) is 72.0 Å². The number of nitrogens with one attached hydrogen (secondary N) is 1. The van der Waals surface area contributed by atoms with Crippen LogP contribution in [0.1, 0.15) is 59.8 Å². The number of alkyl halides is 3. The number of piperidine rings is 1. The fraction of sp³-hybridized carbons (Fsp3) is 0.895. The fourth-order valence-electron chi connectivity index (χ4n) is 3.83. The highest BCUT2D eigenvalue weighted by Gasteiger charge is 2.52. The van der Waals surface area contributed by atoms with Crippen molar-refractivity contribution >= 4 is 11.8 Å². The molecule has 1 aliphatic heterocycles. The van der Waals surface area contributed by atoms with Crippen LogP contribution in [0.4, 0.5) is 13.2 Å². The maximum atomic E-state index is 12.6. The van der Waals surface area contributed by atoms with Crippen LogP contribution < -0.4 is 5.32 Å². The first-order valence-electron chi connectivity index (χ1n) is 9.63. The molecule has 2 rings (SSSR count). The molecule has 1 saturated carbocycles. The summed E-state index contributed by atoms with van der Waals surface area (Å²) in [5.74, 6) is -1.34. The summed E-state index contributed by atoms with van der Waals surface area (Å²) in [4.78, 5) is 26.1. The van der Waals surface area contributed by atoms with E-state index in [0.717, 1.165) is 19.8 Å². The van der Waals surface area contributed by atoms with E-state index in [2.05, 4.69) is 19.2 Å². The lowest BCUT2D eigenvalue weighted by Gasteiger charge is -2.36. The van der Waals surface area contributed by atoms with Gasteiger partial charge in [0.25, 0.3) is 0 Å². The molecular weight excluding hydrogens is 345 g/mol. The second-order valence-electron chi connectivity index (χ2n) is 8.44. The van der Waals surface area contributed by atoms with Crippen LogP contribution in [0.3, 0.4) is 0 Å². The Hall–Kier alpha value is -1.27. The van der Waals surface area contributed by atoms with Crippen molar-refractivity contribution in [2.24, 2.45) is 23.2 Å². The summed E-state index contributed by atoms with van der Waals surface area (Å²) in [7, 11) is 0. The first-order valence-corrected chi connectivity index (χ1v) is 9.63. The summed E-state index contributed by atoms with van der Waals surface area (Å²) >= 11 is 0. The third-order valence-corrected chi connectivity index (χ3v) is 6.34. The molecule has 1 unspecified atom stereocenters. The Balaban J connectivity index is 1.79. The Morgan fingerprint density at radius 1 is 1.12 bits per heavy atom. The van der Waals surface area contributed by atoms with Gasteiger partial charge in [-0.3, -0.25) is 9.59 Å². The average Bonchev–Trinajstić information content (AvgIpc) is 3.35. The van der Waals surface area contributed by atoms with Crippen molar-refractivity contribution < 1.29 is 22.8 Å². The van der Waals surface area contributed by atoms with E-state index in [-0.39, 0.29) is 23.3 Å². The normalized spacial score (nSPS) is 22.8. The van der Waals surface area contributed by atoms with E-state index in [0.29, 0.717) is 31.8 Å². The molecule has 2 amide bonds. The number of nitrogens with zero attached hydrogens (tertiary/aromatic N) is 1. The van der Waals surface area contributed by atoms with Crippen molar-refractivity contribution in [3.05, 3.63) is 0 Å². The van der Waals surface area contributed by atoms with Gasteiger partial charge in [0, 0.05) is 25.6 Å². The summed E-state index contributed by atoms with van der Waals surface area (Å²) in [5.41, 5.74) is -0.210. The standard InChI is InChI=1S/C19H31F3N2O2/c1-12(2)18(7-8-18)17(26)23-14(4)15-5-9-24(10-6-15)16(25)11-13(3)19(20,21)22/h12-15H,5-11H2,1-4H3,(H,23,26)/t13?,14-/m1/s1. The van der Waals surface area contributed by atoms with E-state index in [1.54, 1.807) is 0 Å². The van der Waals surface area contributed by atoms with Gasteiger partial charge in [-0.2, -0.15) is 13.2 Å². The van der Waals surface area contributed by atoms with Gasteiger partial charge in [-0.1, -0.05) is 20.8 Å². The minimum atomic E-state index is -4.33. The van der Waals surface area contributed by atoms with Gasteiger partial charge in [-0.15, -0.1) is 0 Å². The maximum absolute atomic E-state index is 12.6. The van der Waals surface area contributed by atoms with Crippen LogP contribution in [0.25, 0.3) is 0 Å². The number of rotatable bonds is 6. The monoisotopic (exact) mass is 376 g/mol. The quantitative estimate of drug-likeness (QED) is 0.767. The van der Waals surface area contributed by atoms with Crippen molar-refractivity contribution in [1.82, 2.24) is 10.2 Å². The highest BCUT2D eigenvalue weighted by molar-refractivity contribution is 5.85. The number of hydrogen-bond acceptors (Lipinski definition) is 2. The van der Waals surface area contributed by atoms with E-state index < -0.39 is 24.4 Å². The molecule has 26 heavy (non-hydrogen) atoms. The minimum absolute atomic E-state index is 0.0186. The summed E-state index contributed by atoms with van der Waals surface area (Å²) < 4.78 is 37.8. The van der Waals surface area contributed by atoms with Gasteiger partial charge in [0.2, 0.25) is 11.8 Å². The second kappa shape index (κ2) is 7.77. The van der Waals surface area contributed by atoms with Crippen molar-refractivity contribution in [3.63, 3.8) is 0 Å². The molecule has 2 aliphatic rings. The summed E-state index contributed by atoms with van der Waals surface area (Å²) in [6, 6.07) is 0.0186. The van der Waals surface area contributed by atoms with E-state index in [1.807, 2.05) is 6.92 Å². The molecule has 0 radical (unpaired) electrons. The predicted molar refractivity (Wildman–Crippen MR) is 93.2 cm³/mol.